The smallest absolute Gasteiger partial charge is 0.407 e. The summed E-state index contributed by atoms with van der Waals surface area (Å²) in [6.07, 6.45) is 14.9. The summed E-state index contributed by atoms with van der Waals surface area (Å²) in [5, 5.41) is 5.51. The minimum atomic E-state index is -0.698. The van der Waals surface area contributed by atoms with Gasteiger partial charge in [-0.1, -0.05) is 58.4 Å². The van der Waals surface area contributed by atoms with Gasteiger partial charge in [-0.05, 0) is 84.8 Å². The monoisotopic (exact) mass is 832 g/mol. The number of carbonyl (C=O) groups excluding carboxylic acids is 4. The van der Waals surface area contributed by atoms with Crippen LogP contribution in [0.25, 0.3) is 22.9 Å². The van der Waals surface area contributed by atoms with E-state index < -0.39 is 24.3 Å². The first-order valence-corrected chi connectivity index (χ1v) is 21.8. The molecule has 2 saturated heterocycles. The number of likely N-dealkylation sites (tertiary alicyclic amines) is 2. The van der Waals surface area contributed by atoms with Crippen molar-refractivity contribution >= 4 is 35.6 Å². The Hall–Kier alpha value is -5.86. The number of ether oxygens (including phenoxy) is 3. The van der Waals surface area contributed by atoms with Crippen molar-refractivity contribution in [2.45, 2.75) is 109 Å². The summed E-state index contributed by atoms with van der Waals surface area (Å²) in [5.41, 5.74) is 6.99. The highest BCUT2D eigenvalue weighted by atomic mass is 16.5. The fourth-order valence-electron chi connectivity index (χ4n) is 10.6. The van der Waals surface area contributed by atoms with Gasteiger partial charge in [0.1, 0.15) is 36.1 Å². The van der Waals surface area contributed by atoms with Gasteiger partial charge >= 0.3 is 12.2 Å². The lowest BCUT2D eigenvalue weighted by molar-refractivity contribution is -0.138. The van der Waals surface area contributed by atoms with Crippen LogP contribution in [0.3, 0.4) is 0 Å². The molecule has 1 saturated carbocycles. The number of hydrogen-bond acceptors (Lipinski definition) is 9. The van der Waals surface area contributed by atoms with Crippen molar-refractivity contribution in [1.82, 2.24) is 40.4 Å². The van der Waals surface area contributed by atoms with Gasteiger partial charge in [0, 0.05) is 30.0 Å². The molecular weight excluding hydrogens is 777 g/mol. The van der Waals surface area contributed by atoms with E-state index in [0.717, 1.165) is 95.3 Å². The highest BCUT2D eigenvalue weighted by Crippen LogP contribution is 2.50. The molecule has 2 aromatic heterocycles. The van der Waals surface area contributed by atoms with Crippen LogP contribution in [0.5, 0.6) is 0 Å². The van der Waals surface area contributed by atoms with Gasteiger partial charge in [0.15, 0.2) is 0 Å². The molecule has 3 aromatic rings. The van der Waals surface area contributed by atoms with Gasteiger partial charge < -0.3 is 44.6 Å². The molecule has 8 atom stereocenters. The third-order valence-corrected chi connectivity index (χ3v) is 13.7. The minimum Gasteiger partial charge on any atom is -0.489 e. The maximum atomic E-state index is 14.3. The van der Waals surface area contributed by atoms with Gasteiger partial charge in [0.25, 0.3) is 0 Å². The van der Waals surface area contributed by atoms with Crippen LogP contribution in [-0.2, 0) is 30.4 Å². The highest BCUT2D eigenvalue weighted by molar-refractivity contribution is 5.88. The Morgan fingerprint density at radius 2 is 1.64 bits per heavy atom. The maximum absolute atomic E-state index is 14.3. The number of imidazole rings is 2. The zero-order valence-corrected chi connectivity index (χ0v) is 35.7. The van der Waals surface area contributed by atoms with Crippen LogP contribution in [0.15, 0.2) is 48.4 Å². The molecule has 15 heteroatoms. The van der Waals surface area contributed by atoms with Gasteiger partial charge in [-0.3, -0.25) is 9.59 Å². The van der Waals surface area contributed by atoms with Crippen molar-refractivity contribution in [3.05, 3.63) is 82.5 Å². The van der Waals surface area contributed by atoms with Crippen LogP contribution in [-0.4, -0.2) is 92.6 Å². The summed E-state index contributed by atoms with van der Waals surface area (Å²) in [6, 6.07) is 4.68. The molecule has 3 fully saturated rings. The molecule has 9 rings (SSSR count). The largest absolute Gasteiger partial charge is 0.489 e. The Morgan fingerprint density at radius 1 is 0.885 bits per heavy atom. The van der Waals surface area contributed by atoms with E-state index in [1.165, 1.54) is 14.2 Å². The molecule has 4 amide bonds. The molecular formula is C46H56N8O7. The van der Waals surface area contributed by atoms with Gasteiger partial charge in [0.2, 0.25) is 11.8 Å². The van der Waals surface area contributed by atoms with E-state index in [1.807, 2.05) is 43.7 Å². The fraction of sp³-hybridized carbons (Fsp3) is 0.522. The van der Waals surface area contributed by atoms with E-state index in [9.17, 15) is 19.2 Å². The van der Waals surface area contributed by atoms with Crippen molar-refractivity contribution in [3.63, 3.8) is 0 Å². The lowest BCUT2D eigenvalue weighted by Gasteiger charge is -2.34. The number of allylic oxidation sites excluding steroid dienone is 4. The van der Waals surface area contributed by atoms with Crippen molar-refractivity contribution < 1.29 is 33.4 Å². The summed E-state index contributed by atoms with van der Waals surface area (Å²) in [4.78, 5) is 73.2. The lowest BCUT2D eigenvalue weighted by Crippen LogP contribution is -2.53. The van der Waals surface area contributed by atoms with E-state index in [-0.39, 0.29) is 53.6 Å². The number of benzene rings is 1. The molecule has 0 spiro atoms. The van der Waals surface area contributed by atoms with Crippen LogP contribution in [0.4, 0.5) is 9.59 Å². The van der Waals surface area contributed by atoms with Crippen LogP contribution in [0.1, 0.15) is 118 Å². The quantitative estimate of drug-likeness (QED) is 0.178. The van der Waals surface area contributed by atoms with E-state index in [4.69, 9.17) is 24.2 Å². The molecule has 322 valence electrons. The topological polar surface area (TPSA) is 184 Å². The number of amides is 4. The number of nitrogens with zero attached hydrogens (tertiary/aromatic N) is 4. The van der Waals surface area contributed by atoms with Crippen LogP contribution in [0.2, 0.25) is 0 Å². The number of nitrogens with one attached hydrogen (secondary N) is 4. The Bertz CT molecular complexity index is 2320. The van der Waals surface area contributed by atoms with Crippen molar-refractivity contribution in [3.8, 4) is 11.3 Å². The molecule has 4 N–H and O–H groups in total. The van der Waals surface area contributed by atoms with Crippen molar-refractivity contribution in [2.24, 2.45) is 23.7 Å². The maximum Gasteiger partial charge on any atom is 0.407 e. The molecule has 3 aliphatic carbocycles. The number of alkyl carbamates (subject to hydrolysis) is 2. The molecule has 15 nitrogen and oxygen atoms in total. The van der Waals surface area contributed by atoms with Crippen molar-refractivity contribution in [1.29, 1.82) is 0 Å². The predicted molar refractivity (Wildman–Crippen MR) is 226 cm³/mol. The second kappa shape index (κ2) is 16.2. The van der Waals surface area contributed by atoms with E-state index in [2.05, 4.69) is 63.1 Å². The van der Waals surface area contributed by atoms with E-state index in [0.29, 0.717) is 19.1 Å². The first-order chi connectivity index (χ1) is 29.4. The van der Waals surface area contributed by atoms with Crippen LogP contribution >= 0.6 is 0 Å². The lowest BCUT2D eigenvalue weighted by atomic mass is 9.77. The average molecular weight is 833 g/mol. The average Bonchev–Trinajstić information content (AvgIpc) is 4.11. The molecule has 6 aliphatic rings. The zero-order chi connectivity index (χ0) is 42.7. The normalized spacial score (nSPS) is 25.6. The predicted octanol–water partition coefficient (Wildman–Crippen LogP) is 6.90. The number of aromatic amines is 2. The summed E-state index contributed by atoms with van der Waals surface area (Å²) in [5.74, 6) is 2.37. The summed E-state index contributed by atoms with van der Waals surface area (Å²) in [7, 11) is 2.61. The first-order valence-electron chi connectivity index (χ1n) is 21.8. The van der Waals surface area contributed by atoms with E-state index in [1.54, 1.807) is 0 Å². The van der Waals surface area contributed by atoms with Gasteiger partial charge in [-0.2, -0.15) is 0 Å². The Morgan fingerprint density at radius 3 is 2.38 bits per heavy atom. The second-order valence-electron chi connectivity index (χ2n) is 18.0. The molecule has 1 aromatic carbocycles. The number of aromatic nitrogens is 4. The highest BCUT2D eigenvalue weighted by Gasteiger charge is 2.50. The third kappa shape index (κ3) is 7.28. The summed E-state index contributed by atoms with van der Waals surface area (Å²) >= 11 is 0. The third-order valence-electron chi connectivity index (χ3n) is 13.7. The van der Waals surface area contributed by atoms with Gasteiger partial charge in [-0.25, -0.2) is 19.6 Å². The molecule has 0 radical (unpaired) electrons. The molecule has 3 aliphatic heterocycles. The second-order valence-corrected chi connectivity index (χ2v) is 18.0. The molecule has 5 heterocycles. The van der Waals surface area contributed by atoms with Crippen molar-refractivity contribution in [2.75, 3.05) is 20.8 Å². The summed E-state index contributed by atoms with van der Waals surface area (Å²) in [6.45, 7) is 8.70. The Kier molecular flexibility index (Phi) is 10.8. The zero-order valence-electron chi connectivity index (χ0n) is 35.7. The fourth-order valence-corrected chi connectivity index (χ4v) is 10.6. The molecule has 3 unspecified atom stereocenters. The Labute approximate surface area is 355 Å². The number of rotatable bonds is 9. The van der Waals surface area contributed by atoms with Crippen LogP contribution < -0.4 is 10.6 Å². The number of H-pyrrole nitrogens is 2. The Balaban J connectivity index is 0.928. The minimum absolute atomic E-state index is 0.00667. The number of hydrogen-bond donors (Lipinski definition) is 4. The number of carbonyl (C=O) groups is 4. The van der Waals surface area contributed by atoms with Gasteiger partial charge in [-0.15, -0.1) is 0 Å². The number of methoxy groups -OCH3 is 2. The van der Waals surface area contributed by atoms with Gasteiger partial charge in [0.05, 0.1) is 49.6 Å². The first kappa shape index (κ1) is 40.5. The van der Waals surface area contributed by atoms with E-state index >= 15 is 0 Å². The SMILES string of the molecule is COC(=O)N[C@H](C(=O)N1CCCC1c1ncc(-c2ccc3c(c2)COC2=CC4c5[nH]c([C@@H]6C[C@@H]7CCC[C@@H]7N6C(=O)[C@@H](NC(=O)OC)C(C)C)nc5C=CC4C=C23)[nH]1)C(C)C. The summed E-state index contributed by atoms with van der Waals surface area (Å²) < 4.78 is 16.2. The number of fused-ring (bicyclic) bond motifs is 7. The molecule has 61 heavy (non-hydrogen) atoms. The standard InChI is InChI=1S/C46H56N8O7/c1-23(2)38(51-45(57)59-5)43(55)53-16-8-11-35(53)41-47-21-33(49-41)26-12-14-29-28(17-26)22-61-37-20-30-25(18-31(29)37)13-15-32-40(30)50-42(48-32)36-19-27-9-7-10-34(27)54(36)44(56)39(24(3)4)52-46(58)60-6/h12-15,17-18,20-21,23-25,27,30,34-36,38-39H,7-11,16,19,22H2,1-6H3,(H,47,49)(H,48,50)(H,51,57)(H,52,58)/t25?,27-,30?,34-,35?,36-,38-,39-/m0/s1. The molecule has 0 bridgehead atoms. The van der Waals surface area contributed by atoms with Crippen LogP contribution in [0, 0.1) is 23.7 Å².